The second-order valence-electron chi connectivity index (χ2n) is 7.29. The molecule has 1 fully saturated rings. The molecule has 1 N–H and O–H groups in total. The average molecular weight is 447 g/mol. The molecule has 166 valence electrons. The molecule has 1 heterocycles. The van der Waals surface area contributed by atoms with E-state index in [0.29, 0.717) is 17.9 Å². The molecule has 0 radical (unpaired) electrons. The first-order chi connectivity index (χ1) is 14.8. The molecule has 1 atom stereocenters. The molecule has 2 aromatic carbocycles. The predicted molar refractivity (Wildman–Crippen MR) is 114 cm³/mol. The number of benzene rings is 2. The van der Waals surface area contributed by atoms with Gasteiger partial charge in [0.25, 0.3) is 10.0 Å². The summed E-state index contributed by atoms with van der Waals surface area (Å²) in [6.07, 6.45) is 0.683. The van der Waals surface area contributed by atoms with Gasteiger partial charge in [-0.15, -0.1) is 0 Å². The molecule has 0 aliphatic carbocycles. The van der Waals surface area contributed by atoms with E-state index in [-0.39, 0.29) is 24.3 Å². The normalized spacial score (nSPS) is 16.3. The Labute approximate surface area is 182 Å². The summed E-state index contributed by atoms with van der Waals surface area (Å²) in [6, 6.07) is 10.6. The van der Waals surface area contributed by atoms with Crippen molar-refractivity contribution in [1.82, 2.24) is 9.62 Å². The van der Waals surface area contributed by atoms with E-state index in [0.717, 1.165) is 15.4 Å². The molecule has 0 saturated carbocycles. The van der Waals surface area contributed by atoms with Gasteiger partial charge in [-0.2, -0.15) is 0 Å². The molecule has 0 unspecified atom stereocenters. The highest BCUT2D eigenvalue weighted by atomic mass is 32.2. The first-order valence-electron chi connectivity index (χ1n) is 9.90. The lowest BCUT2D eigenvalue weighted by Crippen LogP contribution is -2.47. The maximum atomic E-state index is 13.0. The van der Waals surface area contributed by atoms with Gasteiger partial charge >= 0.3 is 0 Å². The number of nitrogens with one attached hydrogen (secondary N) is 1. The molecule has 31 heavy (non-hydrogen) atoms. The van der Waals surface area contributed by atoms with Crippen LogP contribution in [-0.4, -0.2) is 51.3 Å². The number of sulfonamides is 1. The van der Waals surface area contributed by atoms with Crippen LogP contribution in [0.3, 0.4) is 0 Å². The van der Waals surface area contributed by atoms with E-state index < -0.39 is 27.9 Å². The minimum Gasteiger partial charge on any atom is -0.493 e. The number of methoxy groups -OCH3 is 2. The van der Waals surface area contributed by atoms with E-state index in [2.05, 4.69) is 5.32 Å². The minimum absolute atomic E-state index is 0.00326. The van der Waals surface area contributed by atoms with Gasteiger partial charge in [0.2, 0.25) is 11.8 Å². The molecular weight excluding hydrogens is 420 g/mol. The highest BCUT2D eigenvalue weighted by Crippen LogP contribution is 2.29. The van der Waals surface area contributed by atoms with Crippen LogP contribution in [0.1, 0.15) is 24.0 Å². The lowest BCUT2D eigenvalue weighted by molar-refractivity contribution is -0.130. The largest absolute Gasteiger partial charge is 0.493 e. The zero-order chi connectivity index (χ0) is 22.6. The molecule has 9 heteroatoms. The molecule has 1 aliphatic heterocycles. The van der Waals surface area contributed by atoms with Crippen molar-refractivity contribution in [3.63, 3.8) is 0 Å². The SMILES string of the molecule is COc1ccc(CCNC(=O)[C@H]2CCC(=O)N2S(=O)(=O)c2ccc(C)cc2)cc1OC. The number of amides is 2. The molecule has 2 amide bonds. The van der Waals surface area contributed by atoms with Crippen LogP contribution in [0.15, 0.2) is 47.4 Å². The predicted octanol–water partition coefficient (Wildman–Crippen LogP) is 2.05. The van der Waals surface area contributed by atoms with Gasteiger partial charge in [0.05, 0.1) is 19.1 Å². The summed E-state index contributed by atoms with van der Waals surface area (Å²) in [5.74, 6) is 0.141. The van der Waals surface area contributed by atoms with Crippen molar-refractivity contribution < 1.29 is 27.5 Å². The Morgan fingerprint density at radius 3 is 2.42 bits per heavy atom. The zero-order valence-electron chi connectivity index (χ0n) is 17.8. The van der Waals surface area contributed by atoms with Gasteiger partial charge < -0.3 is 14.8 Å². The second-order valence-corrected chi connectivity index (χ2v) is 9.11. The Balaban J connectivity index is 1.68. The van der Waals surface area contributed by atoms with Crippen LogP contribution in [0.2, 0.25) is 0 Å². The summed E-state index contributed by atoms with van der Waals surface area (Å²) >= 11 is 0. The van der Waals surface area contributed by atoms with Gasteiger partial charge in [0, 0.05) is 13.0 Å². The van der Waals surface area contributed by atoms with E-state index in [1.807, 2.05) is 19.1 Å². The Bertz CT molecular complexity index is 1070. The Morgan fingerprint density at radius 1 is 1.10 bits per heavy atom. The molecule has 0 spiro atoms. The smallest absolute Gasteiger partial charge is 0.267 e. The van der Waals surface area contributed by atoms with Crippen molar-refractivity contribution in [2.24, 2.45) is 0 Å². The lowest BCUT2D eigenvalue weighted by Gasteiger charge is -2.23. The van der Waals surface area contributed by atoms with Gasteiger partial charge in [-0.1, -0.05) is 23.8 Å². The quantitative estimate of drug-likeness (QED) is 0.666. The average Bonchev–Trinajstić information content (AvgIpc) is 3.16. The van der Waals surface area contributed by atoms with Gasteiger partial charge in [-0.05, 0) is 49.6 Å². The fourth-order valence-electron chi connectivity index (χ4n) is 3.51. The maximum Gasteiger partial charge on any atom is 0.267 e. The van der Waals surface area contributed by atoms with Crippen molar-refractivity contribution in [2.75, 3.05) is 20.8 Å². The van der Waals surface area contributed by atoms with E-state index in [1.165, 1.54) is 12.1 Å². The van der Waals surface area contributed by atoms with Crippen molar-refractivity contribution >= 4 is 21.8 Å². The van der Waals surface area contributed by atoms with E-state index in [1.54, 1.807) is 32.4 Å². The number of ether oxygens (including phenoxy) is 2. The first kappa shape index (κ1) is 22.6. The molecular formula is C22H26N2O6S. The third-order valence-corrected chi connectivity index (χ3v) is 7.05. The Kier molecular flexibility index (Phi) is 6.84. The number of aryl methyl sites for hydroxylation is 1. The fraction of sp³-hybridized carbons (Fsp3) is 0.364. The summed E-state index contributed by atoms with van der Waals surface area (Å²) in [7, 11) is -1.00. The number of hydrogen-bond acceptors (Lipinski definition) is 6. The number of nitrogens with zero attached hydrogens (tertiary/aromatic N) is 1. The van der Waals surface area contributed by atoms with Crippen molar-refractivity contribution in [3.8, 4) is 11.5 Å². The first-order valence-corrected chi connectivity index (χ1v) is 11.3. The molecule has 0 bridgehead atoms. The third kappa shape index (κ3) is 4.82. The van der Waals surface area contributed by atoms with Crippen LogP contribution in [0.25, 0.3) is 0 Å². The van der Waals surface area contributed by atoms with Gasteiger partial charge in [-0.3, -0.25) is 9.59 Å². The number of carbonyl (C=O) groups excluding carboxylic acids is 2. The van der Waals surface area contributed by atoms with Crippen LogP contribution in [-0.2, 0) is 26.0 Å². The number of hydrogen-bond donors (Lipinski definition) is 1. The van der Waals surface area contributed by atoms with E-state index in [4.69, 9.17) is 9.47 Å². The number of carbonyl (C=O) groups is 2. The van der Waals surface area contributed by atoms with Crippen LogP contribution in [0.5, 0.6) is 11.5 Å². The van der Waals surface area contributed by atoms with Crippen molar-refractivity contribution in [3.05, 3.63) is 53.6 Å². The monoisotopic (exact) mass is 446 g/mol. The molecule has 2 aromatic rings. The number of rotatable bonds is 8. The van der Waals surface area contributed by atoms with Crippen molar-refractivity contribution in [1.29, 1.82) is 0 Å². The summed E-state index contributed by atoms with van der Waals surface area (Å²) in [5, 5.41) is 2.75. The highest BCUT2D eigenvalue weighted by molar-refractivity contribution is 7.89. The summed E-state index contributed by atoms with van der Waals surface area (Å²) in [4.78, 5) is 25.1. The fourth-order valence-corrected chi connectivity index (χ4v) is 5.11. The van der Waals surface area contributed by atoms with Crippen molar-refractivity contribution in [2.45, 2.75) is 37.1 Å². The molecule has 1 aliphatic rings. The van der Waals surface area contributed by atoms with Crippen LogP contribution < -0.4 is 14.8 Å². The topological polar surface area (TPSA) is 102 Å². The van der Waals surface area contributed by atoms with Gasteiger partial charge in [0.15, 0.2) is 11.5 Å². The van der Waals surface area contributed by atoms with Gasteiger partial charge in [-0.25, -0.2) is 12.7 Å². The summed E-state index contributed by atoms with van der Waals surface area (Å²) < 4.78 is 37.2. The maximum absolute atomic E-state index is 13.0. The molecule has 3 rings (SSSR count). The van der Waals surface area contributed by atoms with E-state index >= 15 is 0 Å². The highest BCUT2D eigenvalue weighted by Gasteiger charge is 2.44. The Hall–Kier alpha value is -3.07. The molecule has 0 aromatic heterocycles. The van der Waals surface area contributed by atoms with Crippen LogP contribution >= 0.6 is 0 Å². The third-order valence-electron chi connectivity index (χ3n) is 5.20. The van der Waals surface area contributed by atoms with E-state index in [9.17, 15) is 18.0 Å². The minimum atomic E-state index is -4.10. The Morgan fingerprint density at radius 2 is 1.77 bits per heavy atom. The lowest BCUT2D eigenvalue weighted by atomic mass is 10.1. The standard InChI is InChI=1S/C22H26N2O6S/c1-15-4-7-17(8-5-15)31(27,28)24-18(9-11-21(24)25)22(26)23-13-12-16-6-10-19(29-2)20(14-16)30-3/h4-8,10,14,18H,9,11-13H2,1-3H3,(H,23,26)/t18-/m1/s1. The van der Waals surface area contributed by atoms with Crippen LogP contribution in [0, 0.1) is 6.92 Å². The summed E-state index contributed by atoms with van der Waals surface area (Å²) in [5.41, 5.74) is 1.82. The van der Waals surface area contributed by atoms with Crippen LogP contribution in [0.4, 0.5) is 0 Å². The van der Waals surface area contributed by atoms with Gasteiger partial charge in [0.1, 0.15) is 6.04 Å². The molecule has 8 nitrogen and oxygen atoms in total. The summed E-state index contributed by atoms with van der Waals surface area (Å²) in [6.45, 7) is 2.13. The second kappa shape index (κ2) is 9.38. The zero-order valence-corrected chi connectivity index (χ0v) is 18.6. The molecule has 1 saturated heterocycles.